The van der Waals surface area contributed by atoms with Gasteiger partial charge in [-0.2, -0.15) is 0 Å². The third kappa shape index (κ3) is 17.4. The Hall–Kier alpha value is -0.0400. The Balaban J connectivity index is 1.92. The Morgan fingerprint density at radius 3 is 0.875 bits per heavy atom. The first-order valence-electron chi connectivity index (χ1n) is 15.7. The number of hydrogen-bond acceptors (Lipinski definition) is 0. The van der Waals surface area contributed by atoms with Crippen LogP contribution in [0.2, 0.25) is 0 Å². The van der Waals surface area contributed by atoms with E-state index in [1.807, 2.05) is 0 Å². The van der Waals surface area contributed by atoms with Gasteiger partial charge >= 0.3 is 0 Å². The summed E-state index contributed by atoms with van der Waals surface area (Å²) in [4.78, 5) is 0. The lowest BCUT2D eigenvalue weighted by atomic mass is 10.0. The molecule has 1 heteroatoms. The van der Waals surface area contributed by atoms with E-state index >= 15 is 0 Å². The number of nitrogens with zero attached hydrogens (tertiary/aromatic N) is 1. The van der Waals surface area contributed by atoms with Crippen LogP contribution in [0.5, 0.6) is 0 Å². The highest BCUT2D eigenvalue weighted by Gasteiger charge is 2.30. The first kappa shape index (κ1) is 30.0. The van der Waals surface area contributed by atoms with Gasteiger partial charge in [0.2, 0.25) is 0 Å². The van der Waals surface area contributed by atoms with Crippen LogP contribution in [0.25, 0.3) is 0 Å². The fraction of sp³-hybridized carbons (Fsp3) is 1.00. The summed E-state index contributed by atoms with van der Waals surface area (Å²) in [5.74, 6) is 0. The van der Waals surface area contributed by atoms with E-state index in [1.54, 1.807) is 0 Å². The number of quaternary nitrogens is 1. The minimum atomic E-state index is 1.37. The number of hydrogen-bond donors (Lipinski definition) is 0. The molecule has 0 unspecified atom stereocenters. The second-order valence-corrected chi connectivity index (χ2v) is 11.4. The van der Waals surface area contributed by atoms with Crippen molar-refractivity contribution in [1.29, 1.82) is 0 Å². The van der Waals surface area contributed by atoms with Crippen LogP contribution in [0.15, 0.2) is 0 Å². The van der Waals surface area contributed by atoms with Gasteiger partial charge in [0.25, 0.3) is 0 Å². The first-order chi connectivity index (χ1) is 15.8. The molecule has 0 aromatic heterocycles. The Labute approximate surface area is 205 Å². The molecule has 192 valence electrons. The minimum Gasteiger partial charge on any atom is -0.324 e. The average molecular weight is 451 g/mol. The summed E-state index contributed by atoms with van der Waals surface area (Å²) in [6.45, 7) is 10.6. The summed E-state index contributed by atoms with van der Waals surface area (Å²) in [7, 11) is 0. The molecule has 0 bridgehead atoms. The highest BCUT2D eigenvalue weighted by atomic mass is 15.4. The van der Waals surface area contributed by atoms with Gasteiger partial charge in [-0.25, -0.2) is 0 Å². The van der Waals surface area contributed by atoms with Crippen molar-refractivity contribution < 1.29 is 4.48 Å². The quantitative estimate of drug-likeness (QED) is 0.0958. The summed E-state index contributed by atoms with van der Waals surface area (Å²) in [5.41, 5.74) is 0. The van der Waals surface area contributed by atoms with Gasteiger partial charge in [-0.3, -0.25) is 0 Å². The largest absolute Gasteiger partial charge is 0.324 e. The molecule has 0 amide bonds. The van der Waals surface area contributed by atoms with Crippen LogP contribution in [0.3, 0.4) is 0 Å². The van der Waals surface area contributed by atoms with Crippen molar-refractivity contribution in [2.45, 2.75) is 174 Å². The molecule has 1 rings (SSSR count). The van der Waals surface area contributed by atoms with Gasteiger partial charge in [0.05, 0.1) is 26.2 Å². The van der Waals surface area contributed by atoms with Crippen molar-refractivity contribution in [3.05, 3.63) is 0 Å². The maximum absolute atomic E-state index is 2.31. The monoisotopic (exact) mass is 451 g/mol. The standard InChI is InChI=1S/C31H64N/c1-3-5-7-9-11-13-15-17-19-21-23-25-29-32(30-26-27-31-32)28-24-22-20-18-16-14-12-10-8-6-4-2/h3-31H2,1-2H3/q+1. The van der Waals surface area contributed by atoms with E-state index in [9.17, 15) is 0 Å². The van der Waals surface area contributed by atoms with E-state index in [0.717, 1.165) is 0 Å². The first-order valence-corrected chi connectivity index (χ1v) is 15.7. The molecule has 0 aliphatic carbocycles. The second-order valence-electron chi connectivity index (χ2n) is 11.4. The van der Waals surface area contributed by atoms with Crippen LogP contribution in [0.1, 0.15) is 174 Å². The molecule has 0 spiro atoms. The molecular weight excluding hydrogens is 386 g/mol. The summed E-state index contributed by atoms with van der Waals surface area (Å²) >= 11 is 0. The van der Waals surface area contributed by atoms with Gasteiger partial charge in [-0.1, -0.05) is 136 Å². The Kier molecular flexibility index (Phi) is 21.3. The Morgan fingerprint density at radius 1 is 0.344 bits per heavy atom. The zero-order valence-electron chi connectivity index (χ0n) is 23.0. The molecule has 1 fully saturated rings. The second kappa shape index (κ2) is 22.7. The van der Waals surface area contributed by atoms with Gasteiger partial charge in [0.1, 0.15) is 0 Å². The lowest BCUT2D eigenvalue weighted by molar-refractivity contribution is -0.917. The van der Waals surface area contributed by atoms with Gasteiger partial charge in [0.15, 0.2) is 0 Å². The summed E-state index contributed by atoms with van der Waals surface area (Å²) in [5, 5.41) is 0. The lowest BCUT2D eigenvalue weighted by Gasteiger charge is -2.34. The third-order valence-corrected chi connectivity index (χ3v) is 8.24. The molecule has 1 heterocycles. The van der Waals surface area contributed by atoms with Crippen molar-refractivity contribution >= 4 is 0 Å². The van der Waals surface area contributed by atoms with Gasteiger partial charge in [-0.05, 0) is 25.7 Å². The van der Waals surface area contributed by atoms with Crippen molar-refractivity contribution in [3.8, 4) is 0 Å². The molecule has 1 aliphatic rings. The van der Waals surface area contributed by atoms with Crippen molar-refractivity contribution in [2.24, 2.45) is 0 Å². The van der Waals surface area contributed by atoms with E-state index in [4.69, 9.17) is 0 Å². The van der Waals surface area contributed by atoms with E-state index < -0.39 is 0 Å². The average Bonchev–Trinajstić information content (AvgIpc) is 3.27. The fourth-order valence-corrected chi connectivity index (χ4v) is 5.96. The topological polar surface area (TPSA) is 0 Å². The normalized spacial score (nSPS) is 15.6. The molecule has 0 N–H and O–H groups in total. The molecule has 1 saturated heterocycles. The van der Waals surface area contributed by atoms with E-state index in [-0.39, 0.29) is 0 Å². The van der Waals surface area contributed by atoms with Gasteiger partial charge in [0, 0.05) is 12.8 Å². The molecule has 0 aromatic carbocycles. The molecule has 0 atom stereocenters. The predicted molar refractivity (Wildman–Crippen MR) is 147 cm³/mol. The summed E-state index contributed by atoms with van der Waals surface area (Å²) in [6, 6.07) is 0. The molecule has 0 radical (unpaired) electrons. The van der Waals surface area contributed by atoms with Gasteiger partial charge < -0.3 is 4.48 Å². The highest BCUT2D eigenvalue weighted by molar-refractivity contribution is 4.58. The number of likely N-dealkylation sites (tertiary alicyclic amines) is 1. The van der Waals surface area contributed by atoms with E-state index in [0.29, 0.717) is 0 Å². The molecule has 1 nitrogen and oxygen atoms in total. The Bertz CT molecular complexity index is 357. The summed E-state index contributed by atoms with van der Waals surface area (Å²) < 4.78 is 1.50. The van der Waals surface area contributed by atoms with Crippen molar-refractivity contribution in [3.63, 3.8) is 0 Å². The number of unbranched alkanes of at least 4 members (excludes halogenated alkanes) is 21. The zero-order valence-corrected chi connectivity index (χ0v) is 23.0. The SMILES string of the molecule is CCCCCCCCCCCCCC[N+]1(CCCCCCCCCCCCC)CCCC1. The third-order valence-electron chi connectivity index (χ3n) is 8.24. The molecule has 0 aromatic rings. The van der Waals surface area contributed by atoms with Crippen LogP contribution >= 0.6 is 0 Å². The van der Waals surface area contributed by atoms with E-state index in [2.05, 4.69) is 13.8 Å². The molecule has 1 aliphatic heterocycles. The highest BCUT2D eigenvalue weighted by Crippen LogP contribution is 2.23. The van der Waals surface area contributed by atoms with Crippen LogP contribution in [0, 0.1) is 0 Å². The fourth-order valence-electron chi connectivity index (χ4n) is 5.96. The lowest BCUT2D eigenvalue weighted by Crippen LogP contribution is -2.46. The minimum absolute atomic E-state index is 1.37. The summed E-state index contributed by atoms with van der Waals surface area (Å²) in [6.07, 6.45) is 36.9. The molecule has 32 heavy (non-hydrogen) atoms. The van der Waals surface area contributed by atoms with Crippen LogP contribution in [-0.4, -0.2) is 30.7 Å². The predicted octanol–water partition coefficient (Wildman–Crippen LogP) is 10.6. The molecule has 0 saturated carbocycles. The molecular formula is C31H64N+. The van der Waals surface area contributed by atoms with Crippen molar-refractivity contribution in [2.75, 3.05) is 26.2 Å². The van der Waals surface area contributed by atoms with Crippen LogP contribution in [0.4, 0.5) is 0 Å². The zero-order chi connectivity index (χ0) is 23.0. The Morgan fingerprint density at radius 2 is 0.594 bits per heavy atom. The van der Waals surface area contributed by atoms with Crippen LogP contribution in [-0.2, 0) is 0 Å². The maximum Gasteiger partial charge on any atom is 0.0788 e. The van der Waals surface area contributed by atoms with Gasteiger partial charge in [-0.15, -0.1) is 0 Å². The van der Waals surface area contributed by atoms with Crippen molar-refractivity contribution in [1.82, 2.24) is 0 Å². The van der Waals surface area contributed by atoms with E-state index in [1.165, 1.54) is 191 Å². The maximum atomic E-state index is 2.31. The smallest absolute Gasteiger partial charge is 0.0788 e. The van der Waals surface area contributed by atoms with Crippen LogP contribution < -0.4 is 0 Å². The number of rotatable bonds is 25.